The van der Waals surface area contributed by atoms with Gasteiger partial charge in [0.2, 0.25) is 0 Å². The summed E-state index contributed by atoms with van der Waals surface area (Å²) in [6.45, 7) is 7.89. The van der Waals surface area contributed by atoms with Gasteiger partial charge in [-0.3, -0.25) is 10.9 Å². The first-order chi connectivity index (χ1) is 8.79. The van der Waals surface area contributed by atoms with Gasteiger partial charge in [-0.15, -0.1) is 0 Å². The van der Waals surface area contributed by atoms with Crippen LogP contribution in [0.5, 0.6) is 5.75 Å². The summed E-state index contributed by atoms with van der Waals surface area (Å²) >= 11 is 0. The summed E-state index contributed by atoms with van der Waals surface area (Å²) in [5, 5.41) is 3.51. The number of ether oxygens (including phenoxy) is 1. The molecule has 3 N–H and O–H groups in total. The van der Waals surface area contributed by atoms with E-state index in [1.807, 2.05) is 19.1 Å². The minimum Gasteiger partial charge on any atom is -0.494 e. The third kappa shape index (κ3) is 3.70. The lowest BCUT2D eigenvalue weighted by molar-refractivity contribution is 0.339. The molecule has 18 heavy (non-hydrogen) atoms. The first kappa shape index (κ1) is 13.3. The Hall–Kier alpha value is -1.10. The molecule has 100 valence electrons. The number of hydrazine groups is 1. The molecule has 2 rings (SSSR count). The lowest BCUT2D eigenvalue weighted by atomic mass is 10.0. The summed E-state index contributed by atoms with van der Waals surface area (Å²) in [6.07, 6.45) is 0. The minimum absolute atomic E-state index is 0.534. The van der Waals surface area contributed by atoms with Gasteiger partial charge >= 0.3 is 0 Å². The molecule has 0 radical (unpaired) electrons. The zero-order valence-electron chi connectivity index (χ0n) is 11.2. The Morgan fingerprint density at radius 1 is 1.44 bits per heavy atom. The van der Waals surface area contributed by atoms with Crippen LogP contribution in [-0.4, -0.2) is 25.7 Å². The third-order valence-electron chi connectivity index (χ3n) is 3.35. The summed E-state index contributed by atoms with van der Waals surface area (Å²) in [4.78, 5) is 0. The van der Waals surface area contributed by atoms with Crippen molar-refractivity contribution >= 4 is 0 Å². The van der Waals surface area contributed by atoms with Gasteiger partial charge in [-0.05, 0) is 31.5 Å². The van der Waals surface area contributed by atoms with E-state index in [1.165, 1.54) is 5.56 Å². The molecule has 1 aliphatic rings. The number of benzene rings is 1. The van der Waals surface area contributed by atoms with E-state index in [2.05, 4.69) is 35.2 Å². The molecular formula is C14H23N3O. The number of rotatable bonds is 6. The van der Waals surface area contributed by atoms with Crippen LogP contribution < -0.4 is 20.9 Å². The van der Waals surface area contributed by atoms with E-state index in [9.17, 15) is 0 Å². The maximum atomic E-state index is 5.50. The molecule has 1 aliphatic heterocycles. The Kier molecular flexibility index (Phi) is 4.99. The van der Waals surface area contributed by atoms with Crippen LogP contribution in [0.25, 0.3) is 0 Å². The molecule has 0 aromatic heterocycles. The highest BCUT2D eigenvalue weighted by Gasteiger charge is 2.21. The highest BCUT2D eigenvalue weighted by molar-refractivity contribution is 5.28. The van der Waals surface area contributed by atoms with Gasteiger partial charge in [0.1, 0.15) is 5.75 Å². The van der Waals surface area contributed by atoms with Crippen LogP contribution in [0.3, 0.4) is 0 Å². The average Bonchev–Trinajstić information content (AvgIpc) is 2.76. The summed E-state index contributed by atoms with van der Waals surface area (Å²) in [5.74, 6) is 1.61. The van der Waals surface area contributed by atoms with Crippen LogP contribution in [0.4, 0.5) is 0 Å². The van der Waals surface area contributed by atoms with Gasteiger partial charge < -0.3 is 10.1 Å². The van der Waals surface area contributed by atoms with Crippen LogP contribution in [0, 0.1) is 5.92 Å². The summed E-state index contributed by atoms with van der Waals surface area (Å²) in [6, 6.07) is 8.81. The molecule has 1 aromatic rings. The molecule has 2 unspecified atom stereocenters. The zero-order chi connectivity index (χ0) is 12.8. The first-order valence-corrected chi connectivity index (χ1v) is 6.70. The van der Waals surface area contributed by atoms with E-state index < -0.39 is 0 Å². The molecular weight excluding hydrogens is 226 g/mol. The van der Waals surface area contributed by atoms with E-state index in [4.69, 9.17) is 4.74 Å². The average molecular weight is 249 g/mol. The van der Waals surface area contributed by atoms with Crippen LogP contribution in [-0.2, 0) is 6.54 Å². The fourth-order valence-corrected chi connectivity index (χ4v) is 2.21. The lowest BCUT2D eigenvalue weighted by Crippen LogP contribution is -2.32. The van der Waals surface area contributed by atoms with Crippen LogP contribution >= 0.6 is 0 Å². The quantitative estimate of drug-likeness (QED) is 0.711. The molecule has 0 saturated carbocycles. The summed E-state index contributed by atoms with van der Waals surface area (Å²) in [5.41, 5.74) is 7.69. The number of nitrogens with one attached hydrogen (secondary N) is 3. The molecule has 0 aliphatic carbocycles. The molecule has 1 saturated heterocycles. The SMILES string of the molecule is CCOc1cccc(CNCC2CNNC2C)c1. The van der Waals surface area contributed by atoms with E-state index in [-0.39, 0.29) is 0 Å². The fraction of sp³-hybridized carbons (Fsp3) is 0.571. The van der Waals surface area contributed by atoms with Crippen LogP contribution in [0.15, 0.2) is 24.3 Å². The molecule has 1 heterocycles. The summed E-state index contributed by atoms with van der Waals surface area (Å²) < 4.78 is 5.50. The Bertz CT molecular complexity index is 370. The van der Waals surface area contributed by atoms with Gasteiger partial charge in [0, 0.05) is 31.6 Å². The highest BCUT2D eigenvalue weighted by Crippen LogP contribution is 2.13. The maximum Gasteiger partial charge on any atom is 0.119 e. The van der Waals surface area contributed by atoms with Gasteiger partial charge in [0.25, 0.3) is 0 Å². The Morgan fingerprint density at radius 2 is 2.33 bits per heavy atom. The van der Waals surface area contributed by atoms with Crippen molar-refractivity contribution in [3.8, 4) is 5.75 Å². The first-order valence-electron chi connectivity index (χ1n) is 6.70. The second-order valence-electron chi connectivity index (χ2n) is 4.79. The Labute approximate surface area is 109 Å². The predicted molar refractivity (Wildman–Crippen MR) is 73.4 cm³/mol. The molecule has 2 atom stereocenters. The van der Waals surface area contributed by atoms with Crippen molar-refractivity contribution in [1.29, 1.82) is 0 Å². The molecule has 0 bridgehead atoms. The van der Waals surface area contributed by atoms with Gasteiger partial charge in [-0.2, -0.15) is 0 Å². The lowest BCUT2D eigenvalue weighted by Gasteiger charge is -2.14. The van der Waals surface area contributed by atoms with Crippen LogP contribution in [0.2, 0.25) is 0 Å². The van der Waals surface area contributed by atoms with E-state index in [0.29, 0.717) is 18.6 Å². The van der Waals surface area contributed by atoms with Crippen molar-refractivity contribution in [1.82, 2.24) is 16.2 Å². The van der Waals surface area contributed by atoms with E-state index in [0.717, 1.165) is 25.4 Å². The van der Waals surface area contributed by atoms with Gasteiger partial charge in [-0.25, -0.2) is 0 Å². The molecule has 4 nitrogen and oxygen atoms in total. The van der Waals surface area contributed by atoms with Crippen LogP contribution in [0.1, 0.15) is 19.4 Å². The van der Waals surface area contributed by atoms with Crippen molar-refractivity contribution < 1.29 is 4.74 Å². The fourth-order valence-electron chi connectivity index (χ4n) is 2.21. The standard InChI is InChI=1S/C14H23N3O/c1-3-18-14-6-4-5-12(7-14)8-15-9-13-10-16-17-11(13)2/h4-7,11,13,15-17H,3,8-10H2,1-2H3. The topological polar surface area (TPSA) is 45.3 Å². The monoisotopic (exact) mass is 249 g/mol. The molecule has 1 fully saturated rings. The Balaban J connectivity index is 1.77. The van der Waals surface area contributed by atoms with Crippen molar-refractivity contribution in [2.24, 2.45) is 5.92 Å². The van der Waals surface area contributed by atoms with E-state index >= 15 is 0 Å². The van der Waals surface area contributed by atoms with Gasteiger partial charge in [0.05, 0.1) is 6.61 Å². The number of hydrogen-bond acceptors (Lipinski definition) is 4. The van der Waals surface area contributed by atoms with E-state index in [1.54, 1.807) is 0 Å². The zero-order valence-corrected chi connectivity index (χ0v) is 11.2. The highest BCUT2D eigenvalue weighted by atomic mass is 16.5. The molecule has 1 aromatic carbocycles. The largest absolute Gasteiger partial charge is 0.494 e. The van der Waals surface area contributed by atoms with Crippen molar-refractivity contribution in [3.05, 3.63) is 29.8 Å². The third-order valence-corrected chi connectivity index (χ3v) is 3.35. The predicted octanol–water partition coefficient (Wildman–Crippen LogP) is 1.29. The second kappa shape index (κ2) is 6.73. The van der Waals surface area contributed by atoms with Gasteiger partial charge in [-0.1, -0.05) is 12.1 Å². The second-order valence-corrected chi connectivity index (χ2v) is 4.79. The molecule has 0 amide bonds. The minimum atomic E-state index is 0.534. The number of hydrogen-bond donors (Lipinski definition) is 3. The van der Waals surface area contributed by atoms with Crippen molar-refractivity contribution in [2.45, 2.75) is 26.4 Å². The van der Waals surface area contributed by atoms with Crippen molar-refractivity contribution in [3.63, 3.8) is 0 Å². The maximum absolute atomic E-state index is 5.50. The normalized spacial score (nSPS) is 23.2. The van der Waals surface area contributed by atoms with Gasteiger partial charge in [0.15, 0.2) is 0 Å². The molecule has 0 spiro atoms. The summed E-state index contributed by atoms with van der Waals surface area (Å²) in [7, 11) is 0. The Morgan fingerprint density at radius 3 is 3.06 bits per heavy atom. The van der Waals surface area contributed by atoms with Crippen molar-refractivity contribution in [2.75, 3.05) is 19.7 Å². The smallest absolute Gasteiger partial charge is 0.119 e. The molecule has 4 heteroatoms.